The van der Waals surface area contributed by atoms with E-state index in [4.69, 9.17) is 22.1 Å². The number of benzene rings is 1. The molecule has 88 valence electrons. The molecule has 0 radical (unpaired) electrons. The number of nitrogens with two attached hydrogens (primary N) is 1. The van der Waals surface area contributed by atoms with Gasteiger partial charge < -0.3 is 10.5 Å². The highest BCUT2D eigenvalue weighted by molar-refractivity contribution is 6.28. The molecule has 17 heavy (non-hydrogen) atoms. The Balaban J connectivity index is 2.28. The zero-order chi connectivity index (χ0) is 12.4. The Morgan fingerprint density at radius 3 is 2.71 bits per heavy atom. The molecule has 2 N–H and O–H groups in total. The van der Waals surface area contributed by atoms with Gasteiger partial charge in [0.15, 0.2) is 0 Å². The van der Waals surface area contributed by atoms with Crippen molar-refractivity contribution in [1.29, 1.82) is 0 Å². The molecule has 0 saturated carbocycles. The number of hydrogen-bond donors (Lipinski definition) is 1. The summed E-state index contributed by atoms with van der Waals surface area (Å²) in [6.45, 7) is 1.65. The van der Waals surface area contributed by atoms with Crippen LogP contribution in [0.15, 0.2) is 18.2 Å². The molecule has 0 bridgehead atoms. The summed E-state index contributed by atoms with van der Waals surface area (Å²) in [5.41, 5.74) is 5.89. The molecule has 1 heterocycles. The van der Waals surface area contributed by atoms with Crippen molar-refractivity contribution in [3.05, 3.63) is 34.9 Å². The van der Waals surface area contributed by atoms with Crippen LogP contribution in [0.4, 0.5) is 10.3 Å². The number of hydrogen-bond acceptors (Lipinski definition) is 5. The fourth-order valence-electron chi connectivity index (χ4n) is 1.13. The molecule has 0 aliphatic rings. The summed E-state index contributed by atoms with van der Waals surface area (Å²) in [6.07, 6.45) is 0. The lowest BCUT2D eigenvalue weighted by molar-refractivity contribution is 0.436. The van der Waals surface area contributed by atoms with E-state index >= 15 is 0 Å². The van der Waals surface area contributed by atoms with Crippen molar-refractivity contribution in [2.45, 2.75) is 6.92 Å². The minimum absolute atomic E-state index is 0.0624. The Hall–Kier alpha value is -1.95. The summed E-state index contributed by atoms with van der Waals surface area (Å²) in [5, 5.41) is -0.0833. The molecule has 0 spiro atoms. The maximum absolute atomic E-state index is 13.3. The van der Waals surface area contributed by atoms with Gasteiger partial charge in [-0.2, -0.15) is 15.0 Å². The van der Waals surface area contributed by atoms with Crippen LogP contribution in [0, 0.1) is 12.7 Å². The van der Waals surface area contributed by atoms with Crippen LogP contribution < -0.4 is 10.5 Å². The zero-order valence-electron chi connectivity index (χ0n) is 8.82. The van der Waals surface area contributed by atoms with Crippen LogP contribution in [0.5, 0.6) is 11.8 Å². The standard InChI is InChI=1S/C10H8ClFN4O/c1-5-2-3-6(4-7(5)12)17-10-15-8(11)14-9(13)16-10/h2-4H,1H3,(H2,13,14,15,16). The maximum atomic E-state index is 13.3. The van der Waals surface area contributed by atoms with E-state index in [9.17, 15) is 4.39 Å². The molecule has 2 rings (SSSR count). The minimum atomic E-state index is -0.379. The van der Waals surface area contributed by atoms with Crippen molar-refractivity contribution in [2.75, 3.05) is 5.73 Å². The first kappa shape index (κ1) is 11.5. The topological polar surface area (TPSA) is 73.9 Å². The smallest absolute Gasteiger partial charge is 0.328 e. The fraction of sp³-hybridized carbons (Fsp3) is 0.100. The third-order valence-electron chi connectivity index (χ3n) is 1.96. The van der Waals surface area contributed by atoms with Gasteiger partial charge in [-0.1, -0.05) is 6.07 Å². The van der Waals surface area contributed by atoms with Crippen LogP contribution in [0.3, 0.4) is 0 Å². The largest absolute Gasteiger partial charge is 0.424 e. The first-order valence-corrected chi connectivity index (χ1v) is 5.03. The van der Waals surface area contributed by atoms with E-state index in [1.165, 1.54) is 6.07 Å². The summed E-state index contributed by atoms with van der Waals surface area (Å²) < 4.78 is 18.5. The third-order valence-corrected chi connectivity index (χ3v) is 2.13. The average molecular weight is 255 g/mol. The van der Waals surface area contributed by atoms with Crippen LogP contribution in [-0.4, -0.2) is 15.0 Å². The number of aryl methyl sites for hydroxylation is 1. The molecule has 0 unspecified atom stereocenters. The van der Waals surface area contributed by atoms with Crippen molar-refractivity contribution in [3.8, 4) is 11.8 Å². The minimum Gasteiger partial charge on any atom is -0.424 e. The SMILES string of the molecule is Cc1ccc(Oc2nc(N)nc(Cl)n2)cc1F. The number of nitrogen functional groups attached to an aromatic ring is 1. The van der Waals surface area contributed by atoms with Gasteiger partial charge in [0, 0.05) is 6.07 Å². The van der Waals surface area contributed by atoms with E-state index in [0.29, 0.717) is 5.56 Å². The van der Waals surface area contributed by atoms with Crippen LogP contribution in [0.2, 0.25) is 5.28 Å². The van der Waals surface area contributed by atoms with Gasteiger partial charge in [0.2, 0.25) is 11.2 Å². The fourth-order valence-corrected chi connectivity index (χ4v) is 1.29. The lowest BCUT2D eigenvalue weighted by atomic mass is 10.2. The predicted octanol–water partition coefficient (Wildman–Crippen LogP) is 2.35. The van der Waals surface area contributed by atoms with Crippen molar-refractivity contribution >= 4 is 17.5 Å². The molecule has 7 heteroatoms. The Labute approximate surface area is 101 Å². The molecule has 0 saturated heterocycles. The summed E-state index contributed by atoms with van der Waals surface area (Å²) in [4.78, 5) is 11.0. The van der Waals surface area contributed by atoms with E-state index < -0.39 is 0 Å². The summed E-state index contributed by atoms with van der Waals surface area (Å²) >= 11 is 5.58. The van der Waals surface area contributed by atoms with Crippen LogP contribution in [0.1, 0.15) is 5.56 Å². The van der Waals surface area contributed by atoms with Crippen molar-refractivity contribution in [3.63, 3.8) is 0 Å². The normalized spacial score (nSPS) is 10.3. The van der Waals surface area contributed by atoms with Crippen molar-refractivity contribution < 1.29 is 9.13 Å². The molecule has 5 nitrogen and oxygen atoms in total. The third kappa shape index (κ3) is 2.79. The van der Waals surface area contributed by atoms with Gasteiger partial charge in [0.1, 0.15) is 11.6 Å². The molecule has 0 aliphatic heterocycles. The molecule has 1 aromatic carbocycles. The molecular weight excluding hydrogens is 247 g/mol. The van der Waals surface area contributed by atoms with Gasteiger partial charge in [0.05, 0.1) is 0 Å². The van der Waals surface area contributed by atoms with E-state index in [1.54, 1.807) is 19.1 Å². The Kier molecular flexibility index (Phi) is 3.06. The van der Waals surface area contributed by atoms with E-state index in [1.807, 2.05) is 0 Å². The van der Waals surface area contributed by atoms with E-state index in [2.05, 4.69) is 15.0 Å². The van der Waals surface area contributed by atoms with Crippen LogP contribution in [-0.2, 0) is 0 Å². The van der Waals surface area contributed by atoms with Gasteiger partial charge >= 0.3 is 6.01 Å². The highest BCUT2D eigenvalue weighted by atomic mass is 35.5. The number of anilines is 1. The lowest BCUT2D eigenvalue weighted by Gasteiger charge is -2.05. The molecule has 2 aromatic rings. The zero-order valence-corrected chi connectivity index (χ0v) is 9.57. The highest BCUT2D eigenvalue weighted by Crippen LogP contribution is 2.21. The first-order chi connectivity index (χ1) is 8.04. The predicted molar refractivity (Wildman–Crippen MR) is 60.5 cm³/mol. The summed E-state index contributed by atoms with van der Waals surface area (Å²) in [7, 11) is 0. The van der Waals surface area contributed by atoms with Gasteiger partial charge in [0.25, 0.3) is 0 Å². The maximum Gasteiger partial charge on any atom is 0.328 e. The van der Waals surface area contributed by atoms with Gasteiger partial charge in [-0.05, 0) is 30.2 Å². The van der Waals surface area contributed by atoms with Crippen molar-refractivity contribution in [1.82, 2.24) is 15.0 Å². The quantitative estimate of drug-likeness (QED) is 0.890. The van der Waals surface area contributed by atoms with Gasteiger partial charge in [-0.25, -0.2) is 4.39 Å². The average Bonchev–Trinajstić information content (AvgIpc) is 2.22. The van der Waals surface area contributed by atoms with Crippen LogP contribution >= 0.6 is 11.6 Å². The second-order valence-corrected chi connectivity index (χ2v) is 3.60. The van der Waals surface area contributed by atoms with E-state index in [0.717, 1.165) is 0 Å². The Morgan fingerprint density at radius 2 is 2.06 bits per heavy atom. The Bertz CT molecular complexity index is 544. The van der Waals surface area contributed by atoms with E-state index in [-0.39, 0.29) is 28.8 Å². The number of nitrogens with zero attached hydrogens (tertiary/aromatic N) is 3. The second kappa shape index (κ2) is 4.50. The highest BCUT2D eigenvalue weighted by Gasteiger charge is 2.06. The molecule has 0 atom stereocenters. The monoisotopic (exact) mass is 254 g/mol. The summed E-state index contributed by atoms with van der Waals surface area (Å²) in [5.74, 6) is -0.182. The molecule has 1 aromatic heterocycles. The van der Waals surface area contributed by atoms with Gasteiger partial charge in [-0.3, -0.25) is 0 Å². The first-order valence-electron chi connectivity index (χ1n) is 4.65. The second-order valence-electron chi connectivity index (χ2n) is 3.26. The van der Waals surface area contributed by atoms with Gasteiger partial charge in [-0.15, -0.1) is 0 Å². The number of halogens is 2. The summed E-state index contributed by atoms with van der Waals surface area (Å²) in [6, 6.07) is 4.32. The lowest BCUT2D eigenvalue weighted by Crippen LogP contribution is -2.00. The molecule has 0 fully saturated rings. The van der Waals surface area contributed by atoms with Crippen LogP contribution in [0.25, 0.3) is 0 Å². The Morgan fingerprint density at radius 1 is 1.29 bits per heavy atom. The number of ether oxygens (including phenoxy) is 1. The number of aromatic nitrogens is 3. The molecule has 0 aliphatic carbocycles. The molecular formula is C10H8ClFN4O. The number of rotatable bonds is 2. The molecule has 0 amide bonds. The van der Waals surface area contributed by atoms with Crippen molar-refractivity contribution in [2.24, 2.45) is 0 Å².